The average molecular weight is 287 g/mol. The summed E-state index contributed by atoms with van der Waals surface area (Å²) in [4.78, 5) is 0.142. The molecule has 1 aromatic carbocycles. The van der Waals surface area contributed by atoms with Gasteiger partial charge >= 0.3 is 0 Å². The second kappa shape index (κ2) is 5.56. The molecule has 0 aromatic heterocycles. The fourth-order valence-corrected chi connectivity index (χ4v) is 3.84. The quantitative estimate of drug-likeness (QED) is 0.853. The Balaban J connectivity index is 2.28. The number of hydrogen-bond donors (Lipinski definition) is 0. The lowest BCUT2D eigenvalue weighted by Crippen LogP contribution is -2.42. The number of rotatable bonds is 3. The van der Waals surface area contributed by atoms with Crippen LogP contribution < -0.4 is 0 Å². The summed E-state index contributed by atoms with van der Waals surface area (Å²) in [5.41, 5.74) is 0.335. The van der Waals surface area contributed by atoms with Crippen LogP contribution in [-0.4, -0.2) is 39.0 Å². The van der Waals surface area contributed by atoms with Crippen molar-refractivity contribution < 1.29 is 17.5 Å². The van der Waals surface area contributed by atoms with Crippen molar-refractivity contribution in [2.75, 3.05) is 20.2 Å². The summed E-state index contributed by atoms with van der Waals surface area (Å²) >= 11 is 0. The van der Waals surface area contributed by atoms with Crippen LogP contribution in [0.3, 0.4) is 0 Å². The van der Waals surface area contributed by atoms with Gasteiger partial charge in [-0.05, 0) is 43.5 Å². The maximum Gasteiger partial charge on any atom is 0.243 e. The molecule has 0 saturated carbocycles. The summed E-state index contributed by atoms with van der Waals surface area (Å²) in [6.45, 7) is 2.40. The molecule has 0 spiro atoms. The van der Waals surface area contributed by atoms with Gasteiger partial charge in [0.05, 0.1) is 11.0 Å². The van der Waals surface area contributed by atoms with Gasteiger partial charge in [0.2, 0.25) is 10.0 Å². The van der Waals surface area contributed by atoms with Crippen molar-refractivity contribution >= 4 is 10.0 Å². The molecule has 0 aliphatic carbocycles. The molecule has 1 aliphatic heterocycles. The first kappa shape index (κ1) is 14.4. The first-order valence-electron chi connectivity index (χ1n) is 6.24. The topological polar surface area (TPSA) is 46.6 Å². The maximum absolute atomic E-state index is 13.2. The Bertz CT molecular complexity index is 559. The molecule has 0 bridgehead atoms. The van der Waals surface area contributed by atoms with Gasteiger partial charge in [-0.1, -0.05) is 0 Å². The van der Waals surface area contributed by atoms with Gasteiger partial charge in [-0.2, -0.15) is 4.31 Å². The van der Waals surface area contributed by atoms with E-state index in [1.807, 2.05) is 0 Å². The third-order valence-electron chi connectivity index (χ3n) is 3.44. The summed E-state index contributed by atoms with van der Waals surface area (Å²) in [5.74, 6) is -0.396. The van der Waals surface area contributed by atoms with Crippen LogP contribution in [0.25, 0.3) is 0 Å². The molecule has 0 N–H and O–H groups in total. The zero-order valence-corrected chi connectivity index (χ0v) is 11.9. The van der Waals surface area contributed by atoms with Crippen molar-refractivity contribution in [2.45, 2.75) is 30.8 Å². The van der Waals surface area contributed by atoms with E-state index in [9.17, 15) is 12.8 Å². The maximum atomic E-state index is 13.2. The Labute approximate surface area is 113 Å². The van der Waals surface area contributed by atoms with Crippen LogP contribution in [0, 0.1) is 12.7 Å². The van der Waals surface area contributed by atoms with E-state index in [0.29, 0.717) is 18.7 Å². The number of piperidine rings is 1. The Kier molecular flexibility index (Phi) is 4.23. The molecule has 1 aliphatic rings. The summed E-state index contributed by atoms with van der Waals surface area (Å²) in [7, 11) is -1.97. The molecule has 2 rings (SSSR count). The first-order valence-corrected chi connectivity index (χ1v) is 7.68. The van der Waals surface area contributed by atoms with Gasteiger partial charge in [-0.3, -0.25) is 0 Å². The second-order valence-corrected chi connectivity index (χ2v) is 6.71. The van der Waals surface area contributed by atoms with Gasteiger partial charge in [-0.15, -0.1) is 0 Å². The van der Waals surface area contributed by atoms with E-state index < -0.39 is 15.8 Å². The van der Waals surface area contributed by atoms with E-state index in [-0.39, 0.29) is 11.0 Å². The number of hydrogen-bond acceptors (Lipinski definition) is 3. The predicted molar refractivity (Wildman–Crippen MR) is 69.9 cm³/mol. The van der Waals surface area contributed by atoms with Crippen molar-refractivity contribution in [3.05, 3.63) is 29.6 Å². The predicted octanol–water partition coefficient (Wildman–Crippen LogP) is 1.93. The lowest BCUT2D eigenvalue weighted by atomic mass is 10.1. The van der Waals surface area contributed by atoms with Crippen LogP contribution in [0.4, 0.5) is 4.39 Å². The number of halogens is 1. The van der Waals surface area contributed by atoms with E-state index >= 15 is 0 Å². The smallest absolute Gasteiger partial charge is 0.243 e. The average Bonchev–Trinajstić information content (AvgIpc) is 2.41. The molecular formula is C13H18FNO3S. The lowest BCUT2D eigenvalue weighted by Gasteiger charge is -2.31. The summed E-state index contributed by atoms with van der Waals surface area (Å²) in [5, 5.41) is 0. The highest BCUT2D eigenvalue weighted by Crippen LogP contribution is 2.23. The molecule has 1 saturated heterocycles. The molecule has 1 atom stereocenters. The number of nitrogens with zero attached hydrogens (tertiary/aromatic N) is 1. The highest BCUT2D eigenvalue weighted by atomic mass is 32.2. The summed E-state index contributed by atoms with van der Waals surface area (Å²) < 4.78 is 44.8. The molecule has 1 heterocycles. The minimum absolute atomic E-state index is 0.0647. The van der Waals surface area contributed by atoms with Gasteiger partial charge in [0.15, 0.2) is 0 Å². The number of aryl methyl sites for hydroxylation is 1. The Morgan fingerprint density at radius 2 is 2.16 bits per heavy atom. The summed E-state index contributed by atoms with van der Waals surface area (Å²) in [6, 6.07) is 3.88. The molecule has 1 aromatic rings. The van der Waals surface area contributed by atoms with Gasteiger partial charge in [-0.25, -0.2) is 12.8 Å². The molecule has 1 fully saturated rings. The van der Waals surface area contributed by atoms with E-state index in [4.69, 9.17) is 4.74 Å². The van der Waals surface area contributed by atoms with Crippen molar-refractivity contribution in [3.8, 4) is 0 Å². The molecule has 4 nitrogen and oxygen atoms in total. The molecule has 19 heavy (non-hydrogen) atoms. The van der Waals surface area contributed by atoms with Crippen LogP contribution in [-0.2, 0) is 14.8 Å². The number of benzene rings is 1. The standard InChI is InChI=1S/C13H18FNO3S/c1-10-8-12(5-6-13(10)14)19(16,17)15-7-3-4-11(9-15)18-2/h5-6,8,11H,3-4,7,9H2,1-2H3. The van der Waals surface area contributed by atoms with Gasteiger partial charge in [0, 0.05) is 20.2 Å². The molecule has 106 valence electrons. The number of sulfonamides is 1. The van der Waals surface area contributed by atoms with Crippen LogP contribution in [0.5, 0.6) is 0 Å². The third kappa shape index (κ3) is 2.96. The second-order valence-electron chi connectivity index (χ2n) is 4.77. The van der Waals surface area contributed by atoms with Crippen molar-refractivity contribution in [3.63, 3.8) is 0 Å². The van der Waals surface area contributed by atoms with Crippen molar-refractivity contribution in [1.82, 2.24) is 4.31 Å². The minimum atomic E-state index is -3.56. The van der Waals surface area contributed by atoms with E-state index in [0.717, 1.165) is 12.8 Å². The van der Waals surface area contributed by atoms with Crippen LogP contribution in [0.1, 0.15) is 18.4 Å². The lowest BCUT2D eigenvalue weighted by molar-refractivity contribution is 0.0572. The Morgan fingerprint density at radius 3 is 2.79 bits per heavy atom. The van der Waals surface area contributed by atoms with Crippen LogP contribution in [0.15, 0.2) is 23.1 Å². The van der Waals surface area contributed by atoms with Gasteiger partial charge in [0.1, 0.15) is 5.82 Å². The monoisotopic (exact) mass is 287 g/mol. The molecule has 0 radical (unpaired) electrons. The third-order valence-corrected chi connectivity index (χ3v) is 5.30. The Morgan fingerprint density at radius 1 is 1.42 bits per heavy atom. The number of methoxy groups -OCH3 is 1. The first-order chi connectivity index (χ1) is 8.95. The highest BCUT2D eigenvalue weighted by Gasteiger charge is 2.30. The zero-order valence-electron chi connectivity index (χ0n) is 11.1. The number of ether oxygens (including phenoxy) is 1. The molecule has 6 heteroatoms. The molecule has 1 unspecified atom stereocenters. The van der Waals surface area contributed by atoms with Gasteiger partial charge in [0.25, 0.3) is 0 Å². The summed E-state index contributed by atoms with van der Waals surface area (Å²) in [6.07, 6.45) is 1.58. The van der Waals surface area contributed by atoms with Crippen molar-refractivity contribution in [1.29, 1.82) is 0 Å². The fourth-order valence-electron chi connectivity index (χ4n) is 2.24. The fraction of sp³-hybridized carbons (Fsp3) is 0.538. The van der Waals surface area contributed by atoms with E-state index in [1.54, 1.807) is 14.0 Å². The van der Waals surface area contributed by atoms with E-state index in [1.165, 1.54) is 22.5 Å². The normalized spacial score (nSPS) is 21.5. The minimum Gasteiger partial charge on any atom is -0.380 e. The van der Waals surface area contributed by atoms with Crippen LogP contribution in [0.2, 0.25) is 0 Å². The van der Waals surface area contributed by atoms with Crippen LogP contribution >= 0.6 is 0 Å². The largest absolute Gasteiger partial charge is 0.380 e. The van der Waals surface area contributed by atoms with E-state index in [2.05, 4.69) is 0 Å². The van der Waals surface area contributed by atoms with Crippen molar-refractivity contribution in [2.24, 2.45) is 0 Å². The van der Waals surface area contributed by atoms with Gasteiger partial charge < -0.3 is 4.74 Å². The SMILES string of the molecule is COC1CCCN(S(=O)(=O)c2ccc(F)c(C)c2)C1. The highest BCUT2D eigenvalue weighted by molar-refractivity contribution is 7.89. The molecular weight excluding hydrogens is 269 g/mol. The Hall–Kier alpha value is -0.980. The molecule has 0 amide bonds. The zero-order chi connectivity index (χ0) is 14.0.